The number of methoxy groups -OCH3 is 2. The third kappa shape index (κ3) is 6.19. The van der Waals surface area contributed by atoms with Gasteiger partial charge in [0, 0.05) is 54.1 Å². The fraction of sp³-hybridized carbons (Fsp3) is 0.297. The van der Waals surface area contributed by atoms with Gasteiger partial charge in [0.25, 0.3) is 5.01 Å². The zero-order valence-electron chi connectivity index (χ0n) is 26.4. The van der Waals surface area contributed by atoms with Gasteiger partial charge in [-0.25, -0.2) is 0 Å². The van der Waals surface area contributed by atoms with Crippen molar-refractivity contribution in [1.29, 1.82) is 0 Å². The maximum Gasteiger partial charge on any atom is 0.263 e. The minimum atomic E-state index is 0.0953. The number of Topliss-reactive ketones (excluding diaryl/α,β-unsaturated/α-hetero) is 1. The van der Waals surface area contributed by atoms with Crippen molar-refractivity contribution in [3.8, 4) is 5.75 Å². The highest BCUT2D eigenvalue weighted by atomic mass is 32.2. The maximum atomic E-state index is 14.1. The molecule has 8 heteroatoms. The van der Waals surface area contributed by atoms with Gasteiger partial charge in [-0.15, -0.1) is 11.8 Å². The Morgan fingerprint density at radius 1 is 0.911 bits per heavy atom. The van der Waals surface area contributed by atoms with Crippen molar-refractivity contribution in [3.05, 3.63) is 111 Å². The number of ketones is 1. The molecule has 1 aromatic heterocycles. The van der Waals surface area contributed by atoms with E-state index in [1.54, 1.807) is 37.3 Å². The third-order valence-electron chi connectivity index (χ3n) is 8.29. The van der Waals surface area contributed by atoms with Crippen LogP contribution >= 0.6 is 23.1 Å². The normalized spacial score (nSPS) is 16.3. The molecular weight excluding hydrogens is 599 g/mol. The van der Waals surface area contributed by atoms with E-state index in [9.17, 15) is 4.79 Å². The Hall–Kier alpha value is -3.85. The lowest BCUT2D eigenvalue weighted by Gasteiger charge is -2.28. The first-order valence-electron chi connectivity index (χ1n) is 15.6. The van der Waals surface area contributed by atoms with E-state index in [2.05, 4.69) is 101 Å². The van der Waals surface area contributed by atoms with Crippen molar-refractivity contribution in [3.63, 3.8) is 0 Å². The van der Waals surface area contributed by atoms with Gasteiger partial charge in [0.1, 0.15) is 22.9 Å². The Balaban J connectivity index is 1.44. The summed E-state index contributed by atoms with van der Waals surface area (Å²) in [4.78, 5) is 19.9. The fourth-order valence-corrected chi connectivity index (χ4v) is 8.16. The van der Waals surface area contributed by atoms with Gasteiger partial charge in [-0.2, -0.15) is 4.57 Å². The van der Waals surface area contributed by atoms with E-state index in [0.717, 1.165) is 76.4 Å². The molecule has 0 N–H and O–H groups in total. The summed E-state index contributed by atoms with van der Waals surface area (Å²) in [6, 6.07) is 25.1. The number of thiazole rings is 1. The van der Waals surface area contributed by atoms with Crippen molar-refractivity contribution >= 4 is 56.5 Å². The quantitative estimate of drug-likeness (QED) is 0.109. The first-order valence-corrected chi connectivity index (χ1v) is 17.4. The van der Waals surface area contributed by atoms with Crippen LogP contribution in [0.1, 0.15) is 37.3 Å². The van der Waals surface area contributed by atoms with E-state index in [1.165, 1.54) is 21.6 Å². The minimum Gasteiger partial charge on any atom is -0.497 e. The predicted molar refractivity (Wildman–Crippen MR) is 188 cm³/mol. The summed E-state index contributed by atoms with van der Waals surface area (Å²) in [7, 11) is 3.41. The highest BCUT2D eigenvalue weighted by Gasteiger charge is 2.37. The van der Waals surface area contributed by atoms with Crippen LogP contribution in [-0.4, -0.2) is 39.7 Å². The van der Waals surface area contributed by atoms with Gasteiger partial charge < -0.3 is 19.3 Å². The van der Waals surface area contributed by atoms with Crippen LogP contribution in [0.15, 0.2) is 101 Å². The number of nitrogens with zero attached hydrogens (tertiary/aromatic N) is 3. The molecule has 6 rings (SSSR count). The number of rotatable bonds is 13. The number of ether oxygens (including phenoxy) is 2. The van der Waals surface area contributed by atoms with Crippen LogP contribution in [0.25, 0.3) is 16.3 Å². The van der Waals surface area contributed by atoms with Gasteiger partial charge in [-0.3, -0.25) is 4.79 Å². The maximum absolute atomic E-state index is 14.1. The smallest absolute Gasteiger partial charge is 0.263 e. The van der Waals surface area contributed by atoms with Crippen LogP contribution in [0, 0.1) is 0 Å². The van der Waals surface area contributed by atoms with Gasteiger partial charge >= 0.3 is 0 Å². The summed E-state index contributed by atoms with van der Waals surface area (Å²) in [6.45, 7) is 7.46. The Kier molecular flexibility index (Phi) is 9.73. The SMILES string of the molecule is CCCCN1/C(=C\C2=C(SCc3ccc(OC)cc3)C(=C\c3sc4ccccc4[n+]3CCOC)/C2=O)N(CC)c2ccccc21. The van der Waals surface area contributed by atoms with Crippen molar-refractivity contribution in [1.82, 2.24) is 0 Å². The van der Waals surface area contributed by atoms with E-state index in [1.807, 2.05) is 12.1 Å². The number of hydrogen-bond acceptors (Lipinski definition) is 7. The Bertz CT molecular complexity index is 1790. The lowest BCUT2D eigenvalue weighted by Crippen LogP contribution is -2.37. The van der Waals surface area contributed by atoms with Gasteiger partial charge in [-0.1, -0.05) is 61.1 Å². The molecule has 0 fully saturated rings. The lowest BCUT2D eigenvalue weighted by molar-refractivity contribution is -0.670. The number of aromatic nitrogens is 1. The molecule has 0 saturated heterocycles. The first-order chi connectivity index (χ1) is 22.1. The minimum absolute atomic E-state index is 0.0953. The molecule has 0 spiro atoms. The van der Waals surface area contributed by atoms with Crippen LogP contribution in [0.5, 0.6) is 5.75 Å². The number of thioether (sulfide) groups is 1. The zero-order chi connectivity index (χ0) is 31.3. The molecule has 45 heavy (non-hydrogen) atoms. The molecule has 1 aliphatic carbocycles. The number of benzene rings is 3. The van der Waals surface area contributed by atoms with Gasteiger partial charge in [0.15, 0.2) is 12.3 Å². The molecular formula is C37H40N3O3S2+. The first kappa shape index (κ1) is 31.1. The number of allylic oxidation sites excluding steroid dienone is 3. The average Bonchev–Trinajstić information content (AvgIpc) is 3.59. The van der Waals surface area contributed by atoms with E-state index >= 15 is 0 Å². The van der Waals surface area contributed by atoms with Crippen LogP contribution in [0.4, 0.5) is 11.4 Å². The average molecular weight is 639 g/mol. The van der Waals surface area contributed by atoms with Crippen molar-refractivity contribution in [2.45, 2.75) is 39.0 Å². The van der Waals surface area contributed by atoms with Crippen molar-refractivity contribution in [2.75, 3.05) is 43.7 Å². The third-order valence-corrected chi connectivity index (χ3v) is 10.6. The van der Waals surface area contributed by atoms with Gasteiger partial charge in [0.05, 0.1) is 18.5 Å². The predicted octanol–water partition coefficient (Wildman–Crippen LogP) is 7.99. The number of para-hydroxylation sites is 3. The molecule has 2 heterocycles. The molecule has 0 unspecified atom stereocenters. The number of fused-ring (bicyclic) bond motifs is 2. The fourth-order valence-electron chi connectivity index (χ4n) is 5.91. The largest absolute Gasteiger partial charge is 0.497 e. The monoisotopic (exact) mass is 638 g/mol. The number of hydrogen-bond donors (Lipinski definition) is 0. The van der Waals surface area contributed by atoms with E-state index in [4.69, 9.17) is 9.47 Å². The topological polar surface area (TPSA) is 45.9 Å². The molecule has 0 bridgehead atoms. The number of carbonyl (C=O) groups excluding carboxylic acids is 1. The second-order valence-electron chi connectivity index (χ2n) is 11.1. The van der Waals surface area contributed by atoms with E-state index < -0.39 is 0 Å². The summed E-state index contributed by atoms with van der Waals surface area (Å²) in [5.41, 5.74) is 6.31. The molecule has 0 radical (unpaired) electrons. The van der Waals surface area contributed by atoms with E-state index in [0.29, 0.717) is 6.61 Å². The molecule has 3 aromatic carbocycles. The molecule has 0 atom stereocenters. The molecule has 232 valence electrons. The van der Waals surface area contributed by atoms with Crippen molar-refractivity contribution in [2.24, 2.45) is 0 Å². The Labute approximate surface area is 274 Å². The van der Waals surface area contributed by atoms with Crippen molar-refractivity contribution < 1.29 is 18.8 Å². The number of anilines is 2. The Morgan fingerprint density at radius 2 is 1.64 bits per heavy atom. The van der Waals surface area contributed by atoms with Crippen LogP contribution in [0.2, 0.25) is 0 Å². The molecule has 0 saturated carbocycles. The number of unbranched alkanes of at least 4 members (excludes halogenated alkanes) is 1. The van der Waals surface area contributed by atoms with Gasteiger partial charge in [-0.05, 0) is 55.3 Å². The molecule has 6 nitrogen and oxygen atoms in total. The standard InChI is InChI=1S/C37H40N3O3S2/c1-5-7-20-39-31-13-9-8-12-30(31)38(6-2)34(39)23-28-36(41)29(37(28)44-25-26-16-18-27(43-4)19-17-26)24-35-40(21-22-42-3)32-14-10-11-15-33(32)45-35/h8-19,23-24H,5-7,20-22,25H2,1-4H3/q+1. The van der Waals surface area contributed by atoms with Crippen LogP contribution in [0.3, 0.4) is 0 Å². The lowest BCUT2D eigenvalue weighted by atomic mass is 9.89. The van der Waals surface area contributed by atoms with Crippen LogP contribution < -0.4 is 19.1 Å². The summed E-state index contributed by atoms with van der Waals surface area (Å²) in [5.74, 6) is 2.77. The Morgan fingerprint density at radius 3 is 2.36 bits per heavy atom. The molecule has 0 amide bonds. The second-order valence-corrected chi connectivity index (χ2v) is 13.1. The van der Waals surface area contributed by atoms with Crippen LogP contribution in [-0.2, 0) is 21.8 Å². The van der Waals surface area contributed by atoms with Gasteiger partial charge in [0.2, 0.25) is 5.52 Å². The summed E-state index contributed by atoms with van der Waals surface area (Å²) in [6.07, 6.45) is 6.41. The summed E-state index contributed by atoms with van der Waals surface area (Å²) < 4.78 is 14.3. The summed E-state index contributed by atoms with van der Waals surface area (Å²) in [5, 5.41) is 1.05. The summed E-state index contributed by atoms with van der Waals surface area (Å²) >= 11 is 3.45. The highest BCUT2D eigenvalue weighted by Crippen LogP contribution is 2.46. The highest BCUT2D eigenvalue weighted by molar-refractivity contribution is 8.02. The second kappa shape index (κ2) is 14.1. The van der Waals surface area contributed by atoms with E-state index in [-0.39, 0.29) is 5.78 Å². The molecule has 4 aromatic rings. The zero-order valence-corrected chi connectivity index (χ0v) is 28.0. The molecule has 1 aliphatic heterocycles. The molecule has 2 aliphatic rings. The number of carbonyl (C=O) groups is 1.